The summed E-state index contributed by atoms with van der Waals surface area (Å²) in [6.45, 7) is 4.73. The average Bonchev–Trinajstić information content (AvgIpc) is 2.56. The van der Waals surface area contributed by atoms with E-state index < -0.39 is 0 Å². The number of piperazine rings is 1. The van der Waals surface area contributed by atoms with Gasteiger partial charge in [-0.1, -0.05) is 6.92 Å². The number of hydrogen-bond donors (Lipinski definition) is 1. The maximum absolute atomic E-state index is 14.3. The summed E-state index contributed by atoms with van der Waals surface area (Å²) >= 11 is 0. The molecule has 1 aliphatic heterocycles. The highest BCUT2D eigenvalue weighted by atomic mass is 19.1. The number of rotatable bonds is 3. The molecule has 22 heavy (non-hydrogen) atoms. The van der Waals surface area contributed by atoms with Crippen LogP contribution in [0.25, 0.3) is 0 Å². The number of aromatic amines is 1. The summed E-state index contributed by atoms with van der Waals surface area (Å²) in [6, 6.07) is 3.31. The van der Waals surface area contributed by atoms with Crippen LogP contribution in [-0.2, 0) is 6.42 Å². The van der Waals surface area contributed by atoms with Gasteiger partial charge in [-0.15, -0.1) is 0 Å². The van der Waals surface area contributed by atoms with Crippen LogP contribution in [0.3, 0.4) is 0 Å². The van der Waals surface area contributed by atoms with Crippen molar-refractivity contribution in [3.05, 3.63) is 46.5 Å². The van der Waals surface area contributed by atoms with E-state index >= 15 is 0 Å². The van der Waals surface area contributed by atoms with Crippen molar-refractivity contribution >= 4 is 11.5 Å². The molecule has 0 atom stereocenters. The van der Waals surface area contributed by atoms with Crippen LogP contribution < -0.4 is 15.4 Å². The molecule has 1 aliphatic rings. The molecular weight excluding hydrogens is 285 g/mol. The molecular formula is C15H18FN5O. The van der Waals surface area contributed by atoms with E-state index in [1.807, 2.05) is 11.8 Å². The zero-order chi connectivity index (χ0) is 15.5. The maximum atomic E-state index is 14.3. The van der Waals surface area contributed by atoms with Gasteiger partial charge >= 0.3 is 0 Å². The molecule has 1 fully saturated rings. The van der Waals surface area contributed by atoms with Gasteiger partial charge in [0.2, 0.25) is 5.56 Å². The summed E-state index contributed by atoms with van der Waals surface area (Å²) < 4.78 is 14.3. The van der Waals surface area contributed by atoms with Gasteiger partial charge in [0.05, 0.1) is 11.4 Å². The van der Waals surface area contributed by atoms with Crippen molar-refractivity contribution in [2.45, 2.75) is 13.3 Å². The number of nitrogens with zero attached hydrogens (tertiary/aromatic N) is 4. The second-order valence-electron chi connectivity index (χ2n) is 5.20. The van der Waals surface area contributed by atoms with Gasteiger partial charge in [-0.25, -0.2) is 14.4 Å². The molecule has 0 spiro atoms. The first-order chi connectivity index (χ1) is 10.7. The molecule has 0 unspecified atom stereocenters. The molecule has 0 radical (unpaired) electrons. The molecule has 116 valence electrons. The van der Waals surface area contributed by atoms with Gasteiger partial charge in [-0.2, -0.15) is 0 Å². The molecule has 6 nitrogen and oxygen atoms in total. The van der Waals surface area contributed by atoms with Crippen LogP contribution >= 0.6 is 0 Å². The van der Waals surface area contributed by atoms with E-state index in [1.165, 1.54) is 12.4 Å². The number of H-pyrrole nitrogens is 1. The van der Waals surface area contributed by atoms with Crippen molar-refractivity contribution in [3.63, 3.8) is 0 Å². The van der Waals surface area contributed by atoms with Gasteiger partial charge in [0.1, 0.15) is 6.33 Å². The van der Waals surface area contributed by atoms with Gasteiger partial charge in [-0.05, 0) is 12.5 Å². The number of aryl methyl sites for hydroxylation is 1. The lowest BCUT2D eigenvalue weighted by atomic mass is 10.2. The predicted octanol–water partition coefficient (Wildman–Crippen LogP) is 1.19. The minimum atomic E-state index is -0.317. The van der Waals surface area contributed by atoms with Crippen molar-refractivity contribution in [3.8, 4) is 0 Å². The Balaban J connectivity index is 1.72. The average molecular weight is 303 g/mol. The molecule has 0 saturated carbocycles. The molecule has 0 aromatic carbocycles. The third kappa shape index (κ3) is 2.79. The van der Waals surface area contributed by atoms with Crippen molar-refractivity contribution < 1.29 is 4.39 Å². The number of pyridine rings is 1. The van der Waals surface area contributed by atoms with Crippen LogP contribution in [0.5, 0.6) is 0 Å². The Morgan fingerprint density at radius 1 is 1.18 bits per heavy atom. The van der Waals surface area contributed by atoms with Gasteiger partial charge in [0, 0.05) is 38.4 Å². The Bertz CT molecular complexity index is 689. The van der Waals surface area contributed by atoms with Crippen LogP contribution in [0.4, 0.5) is 15.9 Å². The topological polar surface area (TPSA) is 65.1 Å². The maximum Gasteiger partial charge on any atom is 0.248 e. The number of hydrogen-bond acceptors (Lipinski definition) is 5. The van der Waals surface area contributed by atoms with E-state index in [9.17, 15) is 9.18 Å². The van der Waals surface area contributed by atoms with Gasteiger partial charge < -0.3 is 14.8 Å². The van der Waals surface area contributed by atoms with Crippen molar-refractivity contribution in [1.29, 1.82) is 0 Å². The highest BCUT2D eigenvalue weighted by Gasteiger charge is 2.22. The predicted molar refractivity (Wildman–Crippen MR) is 82.9 cm³/mol. The molecule has 1 N–H and O–H groups in total. The van der Waals surface area contributed by atoms with Gasteiger partial charge in [-0.3, -0.25) is 4.79 Å². The lowest BCUT2D eigenvalue weighted by Crippen LogP contribution is -2.47. The Hall–Kier alpha value is -2.44. The third-order valence-electron chi connectivity index (χ3n) is 3.89. The zero-order valence-electron chi connectivity index (χ0n) is 12.4. The molecule has 1 saturated heterocycles. The molecule has 0 bridgehead atoms. The van der Waals surface area contributed by atoms with E-state index in [-0.39, 0.29) is 11.4 Å². The van der Waals surface area contributed by atoms with Crippen LogP contribution in [0.15, 0.2) is 29.5 Å². The number of aromatic nitrogens is 3. The largest absolute Gasteiger partial charge is 0.367 e. The van der Waals surface area contributed by atoms with Crippen molar-refractivity contribution in [1.82, 2.24) is 15.0 Å². The molecule has 0 aliphatic carbocycles. The van der Waals surface area contributed by atoms with Gasteiger partial charge in [0.25, 0.3) is 0 Å². The molecule has 3 heterocycles. The van der Waals surface area contributed by atoms with E-state index in [2.05, 4.69) is 19.9 Å². The summed E-state index contributed by atoms with van der Waals surface area (Å²) in [7, 11) is 0. The first-order valence-electron chi connectivity index (χ1n) is 7.37. The number of nitrogens with one attached hydrogen (secondary N) is 1. The Labute approximate surface area is 127 Å². The van der Waals surface area contributed by atoms with E-state index in [4.69, 9.17) is 0 Å². The fraction of sp³-hybridized carbons (Fsp3) is 0.400. The van der Waals surface area contributed by atoms with E-state index in [1.54, 1.807) is 12.3 Å². The highest BCUT2D eigenvalue weighted by Crippen LogP contribution is 2.21. The lowest BCUT2D eigenvalue weighted by molar-refractivity contribution is 0.569. The first-order valence-corrected chi connectivity index (χ1v) is 7.37. The smallest absolute Gasteiger partial charge is 0.248 e. The SMILES string of the molecule is CCc1ncnc(N2CCN(c3ccc(=O)[nH]c3)CC2)c1F. The van der Waals surface area contributed by atoms with Crippen LogP contribution in [0, 0.1) is 5.82 Å². The number of halogens is 1. The third-order valence-corrected chi connectivity index (χ3v) is 3.89. The van der Waals surface area contributed by atoms with Crippen molar-refractivity contribution in [2.24, 2.45) is 0 Å². The summed E-state index contributed by atoms with van der Waals surface area (Å²) in [5, 5.41) is 0. The fourth-order valence-electron chi connectivity index (χ4n) is 2.64. The minimum Gasteiger partial charge on any atom is -0.367 e. The molecule has 7 heteroatoms. The highest BCUT2D eigenvalue weighted by molar-refractivity contribution is 5.48. The zero-order valence-corrected chi connectivity index (χ0v) is 12.4. The van der Waals surface area contributed by atoms with Gasteiger partial charge in [0.15, 0.2) is 11.6 Å². The second kappa shape index (κ2) is 6.13. The summed E-state index contributed by atoms with van der Waals surface area (Å²) in [5.74, 6) is 0.0652. The quantitative estimate of drug-likeness (QED) is 0.923. The van der Waals surface area contributed by atoms with Crippen LogP contribution in [0.2, 0.25) is 0 Å². The van der Waals surface area contributed by atoms with Crippen LogP contribution in [-0.4, -0.2) is 41.1 Å². The van der Waals surface area contributed by atoms with E-state index in [0.29, 0.717) is 31.0 Å². The fourth-order valence-corrected chi connectivity index (χ4v) is 2.64. The lowest BCUT2D eigenvalue weighted by Gasteiger charge is -2.36. The summed E-state index contributed by atoms with van der Waals surface area (Å²) in [6.07, 6.45) is 3.68. The minimum absolute atomic E-state index is 0.113. The summed E-state index contributed by atoms with van der Waals surface area (Å²) in [4.78, 5) is 25.9. The summed E-state index contributed by atoms with van der Waals surface area (Å²) in [5.41, 5.74) is 1.31. The Morgan fingerprint density at radius 2 is 1.91 bits per heavy atom. The standard InChI is InChI=1S/C15H18FN5O/c1-2-12-14(16)15(19-10-18-12)21-7-5-20(6-8-21)11-3-4-13(22)17-9-11/h3-4,9-10H,2,5-8H2,1H3,(H,17,22). The Morgan fingerprint density at radius 3 is 2.55 bits per heavy atom. The normalized spacial score (nSPS) is 15.2. The molecule has 2 aromatic heterocycles. The molecule has 3 rings (SSSR count). The second-order valence-corrected chi connectivity index (χ2v) is 5.20. The number of anilines is 2. The first kappa shape index (κ1) is 14.5. The Kier molecular flexibility index (Phi) is 4.04. The van der Waals surface area contributed by atoms with Crippen LogP contribution in [0.1, 0.15) is 12.6 Å². The molecule has 2 aromatic rings. The monoisotopic (exact) mass is 303 g/mol. The van der Waals surface area contributed by atoms with E-state index in [0.717, 1.165) is 18.8 Å². The molecule has 0 amide bonds. The van der Waals surface area contributed by atoms with Crippen molar-refractivity contribution in [2.75, 3.05) is 36.0 Å².